The molecule has 1 aromatic heterocycles. The van der Waals surface area contributed by atoms with E-state index < -0.39 is 0 Å². The van der Waals surface area contributed by atoms with Gasteiger partial charge >= 0.3 is 0 Å². The minimum Gasteiger partial charge on any atom is -0.484 e. The second kappa shape index (κ2) is 5.85. The monoisotopic (exact) mass is 287 g/mol. The Balaban J connectivity index is 1.66. The van der Waals surface area contributed by atoms with Gasteiger partial charge in [0.15, 0.2) is 12.4 Å². The van der Waals surface area contributed by atoms with Crippen LogP contribution in [0.5, 0.6) is 5.75 Å². The molecule has 1 heterocycles. The van der Waals surface area contributed by atoms with E-state index in [2.05, 4.69) is 27.6 Å². The molecule has 0 aliphatic heterocycles. The smallest absolute Gasteiger partial charge is 0.264 e. The molecule has 5 nitrogen and oxygen atoms in total. The molecule has 3 rings (SSSR count). The van der Waals surface area contributed by atoms with Gasteiger partial charge in [-0.2, -0.15) is 4.98 Å². The molecule has 5 heteroatoms. The molecule has 1 aliphatic carbocycles. The second-order valence-electron chi connectivity index (χ2n) is 5.73. The first-order valence-corrected chi connectivity index (χ1v) is 7.42. The van der Waals surface area contributed by atoms with E-state index in [1.165, 1.54) is 11.1 Å². The van der Waals surface area contributed by atoms with Gasteiger partial charge in [0, 0.05) is 12.0 Å². The molecular formula is C16H21N3O2. The summed E-state index contributed by atoms with van der Waals surface area (Å²) in [7, 11) is 2.01. The molecule has 0 saturated carbocycles. The van der Waals surface area contributed by atoms with Gasteiger partial charge in [0.05, 0.1) is 0 Å². The summed E-state index contributed by atoms with van der Waals surface area (Å²) in [5.74, 6) is 2.36. The predicted octanol–water partition coefficient (Wildman–Crippen LogP) is 2.98. The fraction of sp³-hybridized carbons (Fsp3) is 0.500. The van der Waals surface area contributed by atoms with E-state index in [0.717, 1.165) is 24.4 Å². The Morgan fingerprint density at radius 3 is 3.00 bits per heavy atom. The van der Waals surface area contributed by atoms with Gasteiger partial charge in [-0.3, -0.25) is 0 Å². The Morgan fingerprint density at radius 2 is 2.29 bits per heavy atom. The highest BCUT2D eigenvalue weighted by Crippen LogP contribution is 2.33. The highest BCUT2D eigenvalue weighted by Gasteiger charge is 2.21. The SMILES string of the molecule is CNC1CCc2cc(OCc3nc(C(C)C)no3)ccc21. The Bertz CT molecular complexity index is 622. The largest absolute Gasteiger partial charge is 0.484 e. The highest BCUT2D eigenvalue weighted by atomic mass is 16.5. The Morgan fingerprint density at radius 1 is 1.43 bits per heavy atom. The third-order valence-corrected chi connectivity index (χ3v) is 3.90. The number of rotatable bonds is 5. The van der Waals surface area contributed by atoms with Crippen LogP contribution < -0.4 is 10.1 Å². The molecule has 1 atom stereocenters. The highest BCUT2D eigenvalue weighted by molar-refractivity contribution is 5.40. The van der Waals surface area contributed by atoms with Crippen molar-refractivity contribution in [3.05, 3.63) is 41.0 Å². The first-order chi connectivity index (χ1) is 10.2. The van der Waals surface area contributed by atoms with Gasteiger partial charge in [0.2, 0.25) is 0 Å². The quantitative estimate of drug-likeness (QED) is 0.916. The minimum absolute atomic E-state index is 0.265. The summed E-state index contributed by atoms with van der Waals surface area (Å²) in [5.41, 5.74) is 2.74. The maximum absolute atomic E-state index is 5.76. The van der Waals surface area contributed by atoms with Gasteiger partial charge in [-0.05, 0) is 43.1 Å². The summed E-state index contributed by atoms with van der Waals surface area (Å²) in [6, 6.07) is 6.74. The van der Waals surface area contributed by atoms with E-state index >= 15 is 0 Å². The van der Waals surface area contributed by atoms with E-state index in [0.29, 0.717) is 18.5 Å². The number of aromatic nitrogens is 2. The van der Waals surface area contributed by atoms with Crippen molar-refractivity contribution < 1.29 is 9.26 Å². The maximum atomic E-state index is 5.76. The number of ether oxygens (including phenoxy) is 1. The molecule has 112 valence electrons. The molecule has 0 saturated heterocycles. The van der Waals surface area contributed by atoms with Crippen LogP contribution in [0.15, 0.2) is 22.7 Å². The lowest BCUT2D eigenvalue weighted by Crippen LogP contribution is -2.12. The van der Waals surface area contributed by atoms with Gasteiger partial charge in [0.1, 0.15) is 5.75 Å². The number of hydrogen-bond acceptors (Lipinski definition) is 5. The summed E-state index contributed by atoms with van der Waals surface area (Å²) >= 11 is 0. The van der Waals surface area contributed by atoms with Crippen molar-refractivity contribution in [1.82, 2.24) is 15.5 Å². The lowest BCUT2D eigenvalue weighted by Gasteiger charge is -2.10. The molecule has 0 spiro atoms. The first-order valence-electron chi connectivity index (χ1n) is 7.42. The van der Waals surface area contributed by atoms with Crippen molar-refractivity contribution in [2.45, 2.75) is 45.3 Å². The van der Waals surface area contributed by atoms with Crippen LogP contribution in [0.25, 0.3) is 0 Å². The molecule has 1 unspecified atom stereocenters. The summed E-state index contributed by atoms with van der Waals surface area (Å²) in [6.07, 6.45) is 2.24. The van der Waals surface area contributed by atoms with E-state index in [1.54, 1.807) is 0 Å². The van der Waals surface area contributed by atoms with E-state index in [4.69, 9.17) is 9.26 Å². The van der Waals surface area contributed by atoms with Gasteiger partial charge in [0.25, 0.3) is 5.89 Å². The zero-order valence-electron chi connectivity index (χ0n) is 12.7. The van der Waals surface area contributed by atoms with E-state index in [9.17, 15) is 0 Å². The fourth-order valence-corrected chi connectivity index (χ4v) is 2.69. The standard InChI is InChI=1S/C16H21N3O2/c1-10(2)16-18-15(21-19-16)9-20-12-5-6-13-11(8-12)4-7-14(13)17-3/h5-6,8,10,14,17H,4,7,9H2,1-3H3. The first kappa shape index (κ1) is 14.1. The van der Waals surface area contributed by atoms with E-state index in [-0.39, 0.29) is 5.92 Å². The average Bonchev–Trinajstić information content (AvgIpc) is 3.11. The van der Waals surface area contributed by atoms with Crippen molar-refractivity contribution >= 4 is 0 Å². The van der Waals surface area contributed by atoms with Crippen molar-refractivity contribution in [1.29, 1.82) is 0 Å². The number of aryl methyl sites for hydroxylation is 1. The van der Waals surface area contributed by atoms with Gasteiger partial charge < -0.3 is 14.6 Å². The van der Waals surface area contributed by atoms with Gasteiger partial charge in [-0.1, -0.05) is 25.1 Å². The number of nitrogens with zero attached hydrogens (tertiary/aromatic N) is 2. The van der Waals surface area contributed by atoms with Crippen LogP contribution >= 0.6 is 0 Å². The molecule has 1 aromatic carbocycles. The third kappa shape index (κ3) is 2.93. The molecule has 0 amide bonds. The zero-order valence-corrected chi connectivity index (χ0v) is 12.7. The topological polar surface area (TPSA) is 60.2 Å². The normalized spacial score (nSPS) is 17.2. The lowest BCUT2D eigenvalue weighted by atomic mass is 10.1. The fourth-order valence-electron chi connectivity index (χ4n) is 2.69. The maximum Gasteiger partial charge on any atom is 0.264 e. The Labute approximate surface area is 124 Å². The summed E-state index contributed by atoms with van der Waals surface area (Å²) in [5, 5.41) is 7.27. The van der Waals surface area contributed by atoms with Crippen molar-refractivity contribution in [2.75, 3.05) is 7.05 Å². The van der Waals surface area contributed by atoms with Crippen molar-refractivity contribution in [3.63, 3.8) is 0 Å². The zero-order chi connectivity index (χ0) is 14.8. The Kier molecular flexibility index (Phi) is 3.92. The minimum atomic E-state index is 0.265. The second-order valence-corrected chi connectivity index (χ2v) is 5.73. The number of fused-ring (bicyclic) bond motifs is 1. The van der Waals surface area contributed by atoms with Crippen LogP contribution in [0.1, 0.15) is 55.1 Å². The lowest BCUT2D eigenvalue weighted by molar-refractivity contribution is 0.242. The van der Waals surface area contributed by atoms with Crippen LogP contribution in [-0.2, 0) is 13.0 Å². The van der Waals surface area contributed by atoms with Crippen molar-refractivity contribution in [3.8, 4) is 5.75 Å². The molecule has 1 N–H and O–H groups in total. The van der Waals surface area contributed by atoms with Gasteiger partial charge in [-0.25, -0.2) is 0 Å². The van der Waals surface area contributed by atoms with Crippen LogP contribution in [0.4, 0.5) is 0 Å². The summed E-state index contributed by atoms with van der Waals surface area (Å²) in [4.78, 5) is 4.31. The summed E-state index contributed by atoms with van der Waals surface area (Å²) in [6.45, 7) is 4.39. The third-order valence-electron chi connectivity index (χ3n) is 3.90. The average molecular weight is 287 g/mol. The van der Waals surface area contributed by atoms with Crippen LogP contribution in [0, 0.1) is 0 Å². The van der Waals surface area contributed by atoms with Gasteiger partial charge in [-0.15, -0.1) is 0 Å². The molecule has 21 heavy (non-hydrogen) atoms. The summed E-state index contributed by atoms with van der Waals surface area (Å²) < 4.78 is 10.9. The van der Waals surface area contributed by atoms with Crippen LogP contribution in [0.3, 0.4) is 0 Å². The van der Waals surface area contributed by atoms with E-state index in [1.807, 2.05) is 27.0 Å². The molecular weight excluding hydrogens is 266 g/mol. The number of hydrogen-bond donors (Lipinski definition) is 1. The molecule has 0 bridgehead atoms. The number of nitrogens with one attached hydrogen (secondary N) is 1. The Hall–Kier alpha value is -1.88. The number of benzene rings is 1. The molecule has 2 aromatic rings. The molecule has 0 fully saturated rings. The van der Waals surface area contributed by atoms with Crippen LogP contribution in [-0.4, -0.2) is 17.2 Å². The van der Waals surface area contributed by atoms with Crippen LogP contribution in [0.2, 0.25) is 0 Å². The predicted molar refractivity (Wildman–Crippen MR) is 79.3 cm³/mol. The van der Waals surface area contributed by atoms with Crippen molar-refractivity contribution in [2.24, 2.45) is 0 Å². The molecule has 0 radical (unpaired) electrons. The molecule has 1 aliphatic rings.